The van der Waals surface area contributed by atoms with Gasteiger partial charge in [0.2, 0.25) is 0 Å². The highest BCUT2D eigenvalue weighted by Crippen LogP contribution is 2.60. The standard InChI is InChI=1S/C61H39NO2/c1-5-18-40(19-6-1)41-34-36-45(37-35-41)62(53-31-16-30-52-58(53)48-26-13-14-29-51(48)61(52,43-22-9-3-10-23-43)44-24-11-4-12-25-44)54-32-17-33-55-59(54)50-39-56-49(38-57(50)63-55)47-28-15-27-46(60(47)64-56)42-20-7-2-8-21-42/h1-39H. The summed E-state index contributed by atoms with van der Waals surface area (Å²) in [6, 6.07) is 85.1. The fourth-order valence-corrected chi connectivity index (χ4v) is 10.6. The molecule has 300 valence electrons. The van der Waals surface area contributed by atoms with Crippen molar-refractivity contribution in [3.8, 4) is 33.4 Å². The quantitative estimate of drug-likeness (QED) is 0.160. The second-order valence-electron chi connectivity index (χ2n) is 16.7. The first-order valence-electron chi connectivity index (χ1n) is 21.9. The van der Waals surface area contributed by atoms with E-state index in [1.807, 2.05) is 6.07 Å². The molecule has 10 aromatic carbocycles. The van der Waals surface area contributed by atoms with Gasteiger partial charge < -0.3 is 13.7 Å². The van der Waals surface area contributed by atoms with Crippen LogP contribution >= 0.6 is 0 Å². The van der Waals surface area contributed by atoms with Crippen molar-refractivity contribution in [1.82, 2.24) is 0 Å². The van der Waals surface area contributed by atoms with Crippen molar-refractivity contribution in [3.63, 3.8) is 0 Å². The minimum Gasteiger partial charge on any atom is -0.456 e. The molecule has 0 saturated heterocycles. The molecular formula is C61H39NO2. The van der Waals surface area contributed by atoms with E-state index in [9.17, 15) is 0 Å². The maximum Gasteiger partial charge on any atom is 0.143 e. The average molecular weight is 818 g/mol. The summed E-state index contributed by atoms with van der Waals surface area (Å²) in [5, 5.41) is 4.12. The molecule has 1 aliphatic rings. The number of hydrogen-bond donors (Lipinski definition) is 0. The van der Waals surface area contributed by atoms with Gasteiger partial charge in [-0.2, -0.15) is 0 Å². The summed E-state index contributed by atoms with van der Waals surface area (Å²) in [4.78, 5) is 2.45. The van der Waals surface area contributed by atoms with E-state index < -0.39 is 5.41 Å². The summed E-state index contributed by atoms with van der Waals surface area (Å²) in [6.45, 7) is 0. The van der Waals surface area contributed by atoms with Crippen molar-refractivity contribution in [2.45, 2.75) is 5.41 Å². The molecular weight excluding hydrogens is 779 g/mol. The molecule has 0 aliphatic heterocycles. The van der Waals surface area contributed by atoms with E-state index in [4.69, 9.17) is 8.83 Å². The van der Waals surface area contributed by atoms with Gasteiger partial charge in [-0.1, -0.05) is 194 Å². The Labute approximate surface area is 370 Å². The molecule has 12 aromatic rings. The number of nitrogens with zero attached hydrogens (tertiary/aromatic N) is 1. The van der Waals surface area contributed by atoms with Gasteiger partial charge in [-0.3, -0.25) is 0 Å². The Hall–Kier alpha value is -8.40. The highest BCUT2D eigenvalue weighted by atomic mass is 16.3. The van der Waals surface area contributed by atoms with Crippen molar-refractivity contribution in [2.24, 2.45) is 0 Å². The van der Waals surface area contributed by atoms with Crippen LogP contribution in [0.4, 0.5) is 17.1 Å². The van der Waals surface area contributed by atoms with E-state index in [2.05, 4.69) is 235 Å². The van der Waals surface area contributed by atoms with Gasteiger partial charge in [-0.25, -0.2) is 0 Å². The van der Waals surface area contributed by atoms with Gasteiger partial charge in [0.05, 0.1) is 22.2 Å². The van der Waals surface area contributed by atoms with Crippen molar-refractivity contribution in [3.05, 3.63) is 259 Å². The molecule has 64 heavy (non-hydrogen) atoms. The van der Waals surface area contributed by atoms with Gasteiger partial charge in [-0.05, 0) is 87.0 Å². The zero-order valence-electron chi connectivity index (χ0n) is 34.8. The highest BCUT2D eigenvalue weighted by Gasteiger charge is 2.47. The zero-order valence-corrected chi connectivity index (χ0v) is 34.8. The minimum absolute atomic E-state index is 0.548. The van der Waals surface area contributed by atoms with E-state index >= 15 is 0 Å². The lowest BCUT2D eigenvalue weighted by Gasteiger charge is -2.34. The number of hydrogen-bond acceptors (Lipinski definition) is 3. The molecule has 0 atom stereocenters. The van der Waals surface area contributed by atoms with Gasteiger partial charge in [0, 0.05) is 33.0 Å². The van der Waals surface area contributed by atoms with Crippen LogP contribution in [0.25, 0.3) is 77.3 Å². The summed E-state index contributed by atoms with van der Waals surface area (Å²) in [5.74, 6) is 0. The predicted molar refractivity (Wildman–Crippen MR) is 264 cm³/mol. The van der Waals surface area contributed by atoms with Crippen LogP contribution < -0.4 is 4.90 Å². The Morgan fingerprint density at radius 2 is 0.891 bits per heavy atom. The van der Waals surface area contributed by atoms with Crippen LogP contribution in [0.15, 0.2) is 245 Å². The number of fused-ring (bicyclic) bond motifs is 9. The fourth-order valence-electron chi connectivity index (χ4n) is 10.6. The lowest BCUT2D eigenvalue weighted by atomic mass is 9.68. The molecule has 2 aromatic heterocycles. The number of rotatable bonds is 7. The van der Waals surface area contributed by atoms with E-state index in [1.165, 1.54) is 38.9 Å². The lowest BCUT2D eigenvalue weighted by molar-refractivity contribution is 0.664. The normalized spacial score (nSPS) is 12.8. The Bertz CT molecular complexity index is 3660. The predicted octanol–water partition coefficient (Wildman–Crippen LogP) is 16.7. The van der Waals surface area contributed by atoms with Gasteiger partial charge in [-0.15, -0.1) is 0 Å². The van der Waals surface area contributed by atoms with Crippen LogP contribution in [-0.2, 0) is 5.41 Å². The second-order valence-corrected chi connectivity index (χ2v) is 16.7. The summed E-state index contributed by atoms with van der Waals surface area (Å²) >= 11 is 0. The Morgan fingerprint density at radius 3 is 1.62 bits per heavy atom. The Morgan fingerprint density at radius 1 is 0.344 bits per heavy atom. The number of benzene rings is 10. The first-order valence-corrected chi connectivity index (χ1v) is 21.9. The first-order chi connectivity index (χ1) is 31.8. The maximum absolute atomic E-state index is 6.86. The molecule has 0 fully saturated rings. The van der Waals surface area contributed by atoms with E-state index in [0.29, 0.717) is 0 Å². The van der Waals surface area contributed by atoms with Crippen LogP contribution in [0, 0.1) is 0 Å². The summed E-state index contributed by atoms with van der Waals surface area (Å²) in [5.41, 5.74) is 17.9. The Balaban J connectivity index is 1.09. The monoisotopic (exact) mass is 817 g/mol. The first kappa shape index (κ1) is 36.3. The average Bonchev–Trinajstić information content (AvgIpc) is 4.03. The smallest absolute Gasteiger partial charge is 0.143 e. The maximum atomic E-state index is 6.86. The van der Waals surface area contributed by atoms with Gasteiger partial charge in [0.1, 0.15) is 22.3 Å². The molecule has 2 heterocycles. The molecule has 0 saturated carbocycles. The summed E-state index contributed by atoms with van der Waals surface area (Å²) in [7, 11) is 0. The van der Waals surface area contributed by atoms with Crippen LogP contribution in [0.3, 0.4) is 0 Å². The number of anilines is 3. The molecule has 1 aliphatic carbocycles. The lowest BCUT2D eigenvalue weighted by Crippen LogP contribution is -2.28. The van der Waals surface area contributed by atoms with Gasteiger partial charge >= 0.3 is 0 Å². The molecule has 0 bridgehead atoms. The molecule has 3 nitrogen and oxygen atoms in total. The van der Waals surface area contributed by atoms with Crippen LogP contribution in [0.5, 0.6) is 0 Å². The van der Waals surface area contributed by atoms with Gasteiger partial charge in [0.25, 0.3) is 0 Å². The second kappa shape index (κ2) is 14.3. The highest BCUT2D eigenvalue weighted by molar-refractivity contribution is 6.20. The van der Waals surface area contributed by atoms with Crippen molar-refractivity contribution in [2.75, 3.05) is 4.90 Å². The third kappa shape index (κ3) is 5.34. The van der Waals surface area contributed by atoms with E-state index in [-0.39, 0.29) is 0 Å². The van der Waals surface area contributed by atoms with Crippen molar-refractivity contribution >= 4 is 60.9 Å². The number of furan rings is 2. The van der Waals surface area contributed by atoms with Crippen LogP contribution in [-0.4, -0.2) is 0 Å². The van der Waals surface area contributed by atoms with Crippen LogP contribution in [0.2, 0.25) is 0 Å². The van der Waals surface area contributed by atoms with Crippen molar-refractivity contribution < 1.29 is 8.83 Å². The number of para-hydroxylation sites is 1. The fraction of sp³-hybridized carbons (Fsp3) is 0.0164. The third-order valence-electron chi connectivity index (χ3n) is 13.4. The van der Waals surface area contributed by atoms with E-state index in [0.717, 1.165) is 77.6 Å². The molecule has 0 radical (unpaired) electrons. The summed E-state index contributed by atoms with van der Waals surface area (Å²) in [6.07, 6.45) is 0. The summed E-state index contributed by atoms with van der Waals surface area (Å²) < 4.78 is 13.7. The van der Waals surface area contributed by atoms with E-state index in [1.54, 1.807) is 0 Å². The molecule has 0 unspecified atom stereocenters. The zero-order chi connectivity index (χ0) is 42.2. The molecule has 0 amide bonds. The van der Waals surface area contributed by atoms with Crippen LogP contribution in [0.1, 0.15) is 22.3 Å². The molecule has 13 rings (SSSR count). The van der Waals surface area contributed by atoms with Gasteiger partial charge in [0.15, 0.2) is 0 Å². The molecule has 0 spiro atoms. The Kier molecular flexibility index (Phi) is 8.13. The minimum atomic E-state index is -0.548. The SMILES string of the molecule is c1ccc(-c2ccc(N(c3cccc4c3-c3ccccc3C4(c3ccccc3)c3ccccc3)c3cccc4oc5cc6c(cc5c34)oc3c(-c4ccccc4)cccc36)cc2)cc1. The largest absolute Gasteiger partial charge is 0.456 e. The molecule has 0 N–H and O–H groups in total. The topological polar surface area (TPSA) is 29.5 Å². The van der Waals surface area contributed by atoms with Crippen molar-refractivity contribution in [1.29, 1.82) is 0 Å². The third-order valence-corrected chi connectivity index (χ3v) is 13.4. The molecule has 3 heteroatoms.